The molecule has 0 aliphatic carbocycles. The van der Waals surface area contributed by atoms with Gasteiger partial charge in [0.1, 0.15) is 0 Å². The molecule has 0 atom stereocenters. The number of halogens is 1. The number of hydrogen-bond donors (Lipinski definition) is 0. The van der Waals surface area contributed by atoms with Crippen molar-refractivity contribution in [1.29, 1.82) is 0 Å². The van der Waals surface area contributed by atoms with E-state index >= 15 is 0 Å². The van der Waals surface area contributed by atoms with Crippen molar-refractivity contribution in [2.75, 3.05) is 0 Å². The van der Waals surface area contributed by atoms with E-state index in [1.807, 2.05) is 17.3 Å². The van der Waals surface area contributed by atoms with Crippen molar-refractivity contribution in [3.05, 3.63) is 43.2 Å². The molecule has 2 N–H and O–H groups in total. The molecule has 1 aromatic rings. The monoisotopic (exact) mass is 258 g/mol. The predicted molar refractivity (Wildman–Crippen MR) is 46.7 cm³/mol. The summed E-state index contributed by atoms with van der Waals surface area (Å²) in [5.74, 6) is 0. The first-order valence-corrected chi connectivity index (χ1v) is 4.70. The topological polar surface area (TPSA) is 47.6 Å². The molecule has 0 aliphatic heterocycles. The molecule has 0 amide bonds. The van der Waals surface area contributed by atoms with Gasteiger partial charge in [0.05, 0.1) is 0 Å². The van der Waals surface area contributed by atoms with Gasteiger partial charge in [-0.2, -0.15) is 11.4 Å². The molecule has 0 spiro atoms. The zero-order valence-electron chi connectivity index (χ0n) is 6.04. The fourth-order valence-corrected chi connectivity index (χ4v) is 0.483. The third kappa shape index (κ3) is 5.05. The van der Waals surface area contributed by atoms with E-state index in [4.69, 9.17) is 11.5 Å². The van der Waals surface area contributed by atoms with Gasteiger partial charge in [-0.3, -0.25) is 0 Å². The zero-order chi connectivity index (χ0) is 7.98. The van der Waals surface area contributed by atoms with Crippen LogP contribution in [-0.4, -0.2) is 0 Å². The Balaban J connectivity index is 0. The van der Waals surface area contributed by atoms with E-state index < -0.39 is 0 Å². The standard InChI is InChI=1S/C6H6N2.CH3.ClH.Ru/c7-5-3-1-2-4-6(5)8;;;/h1-4,7-8H;1H3;1H;/q-2;-1;;+4/p-1. The molecule has 4 heteroatoms. The summed E-state index contributed by atoms with van der Waals surface area (Å²) >= 11 is 1.82. The molecular formula is C7H9ClN2Ru. The summed E-state index contributed by atoms with van der Waals surface area (Å²) in [6, 6.07) is 6.70. The van der Waals surface area contributed by atoms with Gasteiger partial charge in [-0.05, 0) is 0 Å². The Hall–Kier alpha value is -0.267. The largest absolute Gasteiger partial charge is 0.700 e. The second kappa shape index (κ2) is 7.84. The van der Waals surface area contributed by atoms with Crippen LogP contribution >= 0.6 is 9.69 Å². The average molecular weight is 258 g/mol. The Morgan fingerprint density at radius 3 is 1.45 bits per heavy atom. The Morgan fingerprint density at radius 1 is 1.00 bits per heavy atom. The molecule has 0 saturated heterocycles. The third-order valence-electron chi connectivity index (χ3n) is 0.927. The van der Waals surface area contributed by atoms with Crippen LogP contribution in [0.4, 0.5) is 11.4 Å². The van der Waals surface area contributed by atoms with E-state index in [1.54, 1.807) is 24.3 Å². The summed E-state index contributed by atoms with van der Waals surface area (Å²) in [7, 11) is 4.57. The van der Waals surface area contributed by atoms with Gasteiger partial charge in [0, 0.05) is 0 Å². The minimum atomic E-state index is 0. The summed E-state index contributed by atoms with van der Waals surface area (Å²) in [5.41, 5.74) is 14.6. The maximum Gasteiger partial charge on any atom is -0.0636 e. The summed E-state index contributed by atoms with van der Waals surface area (Å²) in [6.07, 6.45) is 0. The number of benzene rings is 1. The first-order chi connectivity index (χ1) is 4.80. The number of nitrogens with one attached hydrogen (secondary N) is 2. The molecule has 0 aromatic heterocycles. The van der Waals surface area contributed by atoms with Gasteiger partial charge in [0.15, 0.2) is 0 Å². The maximum absolute atomic E-state index is 7.03. The smallest absolute Gasteiger partial charge is 0.0636 e. The molecular weight excluding hydrogens is 249 g/mol. The van der Waals surface area contributed by atoms with Gasteiger partial charge in [-0.1, -0.05) is 24.3 Å². The van der Waals surface area contributed by atoms with Gasteiger partial charge in [0.25, 0.3) is 0 Å². The fraction of sp³-hybridized carbons (Fsp3) is 0. The van der Waals surface area contributed by atoms with Crippen LogP contribution in [0, 0.1) is 7.43 Å². The van der Waals surface area contributed by atoms with E-state index in [0.29, 0.717) is 0 Å². The predicted octanol–water partition coefficient (Wildman–Crippen LogP) is 4.19. The third-order valence-corrected chi connectivity index (χ3v) is 0.927. The zero-order valence-corrected chi connectivity index (χ0v) is 8.53. The molecule has 0 bridgehead atoms. The SMILES string of the molecule is [CH3-].[Cl][Ru+3].[NH-]c1ccccc1[NH-]. The van der Waals surface area contributed by atoms with Gasteiger partial charge >= 0.3 is 27.0 Å². The molecule has 0 heterocycles. The molecule has 11 heavy (non-hydrogen) atoms. The van der Waals surface area contributed by atoms with Gasteiger partial charge < -0.3 is 18.9 Å². The normalized spacial score (nSPS) is 7.00. The quantitative estimate of drug-likeness (QED) is 0.494. The Labute approximate surface area is 81.6 Å². The summed E-state index contributed by atoms with van der Waals surface area (Å²) < 4.78 is 0. The minimum absolute atomic E-state index is 0. The van der Waals surface area contributed by atoms with Crippen LogP contribution < -0.4 is 0 Å². The van der Waals surface area contributed by atoms with Crippen molar-refractivity contribution in [3.8, 4) is 0 Å². The van der Waals surface area contributed by atoms with Crippen LogP contribution in [0.15, 0.2) is 24.3 Å². The molecule has 0 saturated carbocycles. The first kappa shape index (κ1) is 13.3. The van der Waals surface area contributed by atoms with E-state index in [2.05, 4.69) is 9.69 Å². The van der Waals surface area contributed by atoms with Crippen molar-refractivity contribution < 1.29 is 17.3 Å². The van der Waals surface area contributed by atoms with Crippen LogP contribution in [0.25, 0.3) is 11.5 Å². The van der Waals surface area contributed by atoms with E-state index in [-0.39, 0.29) is 18.8 Å². The molecule has 0 unspecified atom stereocenters. The Bertz CT molecular complexity index is 173. The second-order valence-corrected chi connectivity index (χ2v) is 1.55. The van der Waals surface area contributed by atoms with Crippen LogP contribution in [0.5, 0.6) is 0 Å². The van der Waals surface area contributed by atoms with Crippen molar-refractivity contribution in [3.63, 3.8) is 0 Å². The van der Waals surface area contributed by atoms with Crippen LogP contribution in [0.3, 0.4) is 0 Å². The van der Waals surface area contributed by atoms with E-state index in [0.717, 1.165) is 0 Å². The number of hydrogen-bond acceptors (Lipinski definition) is 0. The second-order valence-electron chi connectivity index (χ2n) is 1.55. The van der Waals surface area contributed by atoms with Gasteiger partial charge in [0.2, 0.25) is 0 Å². The average Bonchev–Trinajstić information content (AvgIpc) is 2.00. The van der Waals surface area contributed by atoms with E-state index in [9.17, 15) is 0 Å². The molecule has 0 aliphatic rings. The van der Waals surface area contributed by atoms with E-state index in [1.165, 1.54) is 0 Å². The minimum Gasteiger partial charge on any atom is -0.700 e. The molecule has 0 radical (unpaired) electrons. The van der Waals surface area contributed by atoms with Gasteiger partial charge in [-0.25, -0.2) is 0 Å². The Kier molecular flexibility index (Phi) is 9.50. The summed E-state index contributed by atoms with van der Waals surface area (Å²) in [4.78, 5) is 0. The molecule has 1 rings (SSSR count). The van der Waals surface area contributed by atoms with Crippen molar-refractivity contribution in [1.82, 2.24) is 0 Å². The van der Waals surface area contributed by atoms with Crippen molar-refractivity contribution >= 4 is 21.1 Å². The molecule has 62 valence electrons. The maximum atomic E-state index is 7.03. The first-order valence-electron chi connectivity index (χ1n) is 2.46. The van der Waals surface area contributed by atoms with Crippen LogP contribution in [0.1, 0.15) is 0 Å². The fourth-order valence-electron chi connectivity index (χ4n) is 0.483. The van der Waals surface area contributed by atoms with Crippen LogP contribution in [0.2, 0.25) is 0 Å². The molecule has 0 fully saturated rings. The van der Waals surface area contributed by atoms with Crippen LogP contribution in [-0.2, 0) is 17.3 Å². The van der Waals surface area contributed by atoms with Crippen molar-refractivity contribution in [2.45, 2.75) is 0 Å². The Morgan fingerprint density at radius 2 is 1.27 bits per heavy atom. The number of rotatable bonds is 0. The summed E-state index contributed by atoms with van der Waals surface area (Å²) in [6.45, 7) is 0. The summed E-state index contributed by atoms with van der Waals surface area (Å²) in [5, 5.41) is 0. The molecule has 2 nitrogen and oxygen atoms in total. The van der Waals surface area contributed by atoms with Gasteiger partial charge in [-0.15, -0.1) is 0 Å². The molecule has 1 aromatic carbocycles. The van der Waals surface area contributed by atoms with Crippen molar-refractivity contribution in [2.24, 2.45) is 0 Å².